The van der Waals surface area contributed by atoms with Crippen LogP contribution in [0.5, 0.6) is 5.75 Å². The molecule has 214 valence electrons. The van der Waals surface area contributed by atoms with Crippen molar-refractivity contribution in [2.24, 2.45) is 5.73 Å². The van der Waals surface area contributed by atoms with Crippen molar-refractivity contribution in [3.63, 3.8) is 0 Å². The fourth-order valence-corrected chi connectivity index (χ4v) is 4.60. The van der Waals surface area contributed by atoms with E-state index < -0.39 is 47.9 Å². The van der Waals surface area contributed by atoms with Crippen molar-refractivity contribution < 1.29 is 29.4 Å². The molecule has 12 heteroatoms. The summed E-state index contributed by atoms with van der Waals surface area (Å²) in [6.45, 7) is 1.33. The zero-order chi connectivity index (χ0) is 29.2. The highest BCUT2D eigenvalue weighted by atomic mass is 32.2. The predicted molar refractivity (Wildman–Crippen MR) is 154 cm³/mol. The maximum absolute atomic E-state index is 13.6. The van der Waals surface area contributed by atoms with Gasteiger partial charge < -0.3 is 36.9 Å². The molecule has 0 saturated carbocycles. The first kappa shape index (κ1) is 30.5. The number of nitrogens with two attached hydrogens (primary N) is 1. The Morgan fingerprint density at radius 2 is 1.55 bits per heavy atom. The Kier molecular flexibility index (Phi) is 11.0. The number of H-pyrrole nitrogens is 1. The van der Waals surface area contributed by atoms with E-state index in [4.69, 9.17) is 5.73 Å². The van der Waals surface area contributed by atoms with Crippen molar-refractivity contribution in [2.45, 2.75) is 50.4 Å². The number of hydrogen-bond donors (Lipinski definition) is 7. The Balaban J connectivity index is 1.86. The van der Waals surface area contributed by atoms with Crippen LogP contribution in [0.2, 0.25) is 0 Å². The number of amides is 3. The van der Waals surface area contributed by atoms with Gasteiger partial charge in [-0.15, -0.1) is 0 Å². The van der Waals surface area contributed by atoms with Crippen molar-refractivity contribution in [1.29, 1.82) is 0 Å². The number of aromatic hydroxyl groups is 1. The molecule has 0 aliphatic carbocycles. The zero-order valence-corrected chi connectivity index (χ0v) is 23.2. The number of carbonyl (C=O) groups excluding carboxylic acids is 3. The molecule has 3 amide bonds. The first-order valence-electron chi connectivity index (χ1n) is 12.8. The molecule has 3 aromatic rings. The van der Waals surface area contributed by atoms with Gasteiger partial charge in [-0.05, 0) is 54.7 Å². The van der Waals surface area contributed by atoms with Crippen LogP contribution in [0.4, 0.5) is 0 Å². The van der Waals surface area contributed by atoms with E-state index in [2.05, 4.69) is 20.9 Å². The van der Waals surface area contributed by atoms with E-state index in [1.165, 1.54) is 19.1 Å². The highest BCUT2D eigenvalue weighted by Crippen LogP contribution is 2.19. The zero-order valence-electron chi connectivity index (χ0n) is 22.3. The summed E-state index contributed by atoms with van der Waals surface area (Å²) in [5, 5.41) is 27.6. The summed E-state index contributed by atoms with van der Waals surface area (Å²) in [6.07, 6.45) is 4.19. The minimum atomic E-state index is -1.22. The lowest BCUT2D eigenvalue weighted by Crippen LogP contribution is -2.58. The highest BCUT2D eigenvalue weighted by molar-refractivity contribution is 7.98. The number of aromatic amines is 1. The summed E-state index contributed by atoms with van der Waals surface area (Å²) in [4.78, 5) is 54.1. The molecule has 0 bridgehead atoms. The second kappa shape index (κ2) is 14.4. The monoisotopic (exact) mass is 569 g/mol. The Labute approximate surface area is 236 Å². The van der Waals surface area contributed by atoms with Crippen LogP contribution in [-0.4, -0.2) is 75.1 Å². The Morgan fingerprint density at radius 1 is 0.925 bits per heavy atom. The summed E-state index contributed by atoms with van der Waals surface area (Å²) in [6, 6.07) is 9.41. The van der Waals surface area contributed by atoms with Crippen LogP contribution in [0, 0.1) is 0 Å². The lowest BCUT2D eigenvalue weighted by atomic mass is 10.0. The quantitative estimate of drug-likeness (QED) is 0.151. The third-order valence-electron chi connectivity index (χ3n) is 6.44. The van der Waals surface area contributed by atoms with E-state index in [1.54, 1.807) is 30.1 Å². The number of phenols is 1. The number of carbonyl (C=O) groups is 4. The number of rotatable bonds is 14. The number of benzene rings is 2. The van der Waals surface area contributed by atoms with Crippen LogP contribution in [0.15, 0.2) is 54.7 Å². The largest absolute Gasteiger partial charge is 0.508 e. The van der Waals surface area contributed by atoms with E-state index in [-0.39, 0.29) is 18.6 Å². The summed E-state index contributed by atoms with van der Waals surface area (Å²) in [5.74, 6) is -2.33. The number of nitrogens with one attached hydrogen (secondary N) is 4. The lowest BCUT2D eigenvalue weighted by Gasteiger charge is -2.25. The maximum Gasteiger partial charge on any atom is 0.325 e. The minimum absolute atomic E-state index is 0.0517. The van der Waals surface area contributed by atoms with E-state index in [1.807, 2.05) is 30.5 Å². The normalized spacial score (nSPS) is 14.1. The van der Waals surface area contributed by atoms with Crippen molar-refractivity contribution in [1.82, 2.24) is 20.9 Å². The van der Waals surface area contributed by atoms with Crippen molar-refractivity contribution in [3.05, 3.63) is 65.9 Å². The van der Waals surface area contributed by atoms with Crippen molar-refractivity contribution in [2.75, 3.05) is 12.0 Å². The van der Waals surface area contributed by atoms with Gasteiger partial charge in [-0.25, -0.2) is 0 Å². The molecule has 4 atom stereocenters. The molecule has 3 rings (SSSR count). The average molecular weight is 570 g/mol. The van der Waals surface area contributed by atoms with E-state index in [0.717, 1.165) is 16.5 Å². The number of fused-ring (bicyclic) bond motifs is 1. The molecule has 4 unspecified atom stereocenters. The smallest absolute Gasteiger partial charge is 0.325 e. The number of hydrogen-bond acceptors (Lipinski definition) is 7. The predicted octanol–water partition coefficient (Wildman–Crippen LogP) is 1.30. The molecule has 2 aromatic carbocycles. The number of phenolic OH excluding ortho intramolecular Hbond substituents is 1. The number of aromatic nitrogens is 1. The molecular weight excluding hydrogens is 534 g/mol. The van der Waals surface area contributed by atoms with Gasteiger partial charge in [0.25, 0.3) is 0 Å². The molecular formula is C28H35N5O6S. The third-order valence-corrected chi connectivity index (χ3v) is 7.08. The average Bonchev–Trinajstić information content (AvgIpc) is 3.34. The topological polar surface area (TPSA) is 187 Å². The molecule has 0 spiro atoms. The third kappa shape index (κ3) is 8.48. The van der Waals surface area contributed by atoms with Gasteiger partial charge in [0, 0.05) is 29.9 Å². The molecule has 11 nitrogen and oxygen atoms in total. The first-order valence-corrected chi connectivity index (χ1v) is 14.2. The summed E-state index contributed by atoms with van der Waals surface area (Å²) >= 11 is 1.55. The van der Waals surface area contributed by atoms with Crippen molar-refractivity contribution in [3.8, 4) is 5.75 Å². The van der Waals surface area contributed by atoms with Gasteiger partial charge in [0.15, 0.2) is 0 Å². The van der Waals surface area contributed by atoms with E-state index in [0.29, 0.717) is 17.7 Å². The van der Waals surface area contributed by atoms with Crippen LogP contribution >= 0.6 is 11.8 Å². The van der Waals surface area contributed by atoms with Gasteiger partial charge in [-0.3, -0.25) is 19.2 Å². The van der Waals surface area contributed by atoms with Crippen LogP contribution in [0.1, 0.15) is 24.5 Å². The molecule has 1 aromatic heterocycles. The maximum atomic E-state index is 13.6. The van der Waals surface area contributed by atoms with Gasteiger partial charge in [0.05, 0.1) is 6.04 Å². The Hall–Kier alpha value is -4.03. The molecule has 0 radical (unpaired) electrons. The van der Waals surface area contributed by atoms with Gasteiger partial charge in [-0.1, -0.05) is 30.3 Å². The number of carboxylic acid groups (broad SMARTS) is 1. The molecule has 1 heterocycles. The Bertz CT molecular complexity index is 1330. The molecule has 8 N–H and O–H groups in total. The number of carboxylic acids is 1. The van der Waals surface area contributed by atoms with Gasteiger partial charge in [0.2, 0.25) is 17.7 Å². The summed E-state index contributed by atoms with van der Waals surface area (Å²) in [5.41, 5.74) is 8.28. The number of thioether (sulfide) groups is 1. The fourth-order valence-electron chi connectivity index (χ4n) is 4.11. The molecule has 0 aliphatic heterocycles. The molecule has 40 heavy (non-hydrogen) atoms. The molecule has 0 fully saturated rings. The second-order valence-corrected chi connectivity index (χ2v) is 10.5. The van der Waals surface area contributed by atoms with E-state index >= 15 is 0 Å². The van der Waals surface area contributed by atoms with E-state index in [9.17, 15) is 29.4 Å². The Morgan fingerprint density at radius 3 is 2.23 bits per heavy atom. The van der Waals surface area contributed by atoms with Crippen LogP contribution in [0.3, 0.4) is 0 Å². The van der Waals surface area contributed by atoms with Crippen LogP contribution < -0.4 is 21.7 Å². The number of para-hydroxylation sites is 1. The number of aliphatic carboxylic acids is 1. The first-order chi connectivity index (χ1) is 19.1. The summed E-state index contributed by atoms with van der Waals surface area (Å²) in [7, 11) is 0. The van der Waals surface area contributed by atoms with Crippen LogP contribution in [-0.2, 0) is 32.0 Å². The standard InChI is InChI=1S/C28H35N5O6S/c1-16(28(38)39)31-26(36)24(14-18-15-30-22-6-4-3-5-20(18)22)33-27(37)23(13-17-7-9-19(34)10-8-17)32-25(35)21(29)11-12-40-2/h3-10,15-16,21,23-24,30,34H,11-14,29H2,1-2H3,(H,31,36)(H,32,35)(H,33,37)(H,38,39). The van der Waals surface area contributed by atoms with Gasteiger partial charge in [-0.2, -0.15) is 11.8 Å². The van der Waals surface area contributed by atoms with Crippen LogP contribution in [0.25, 0.3) is 10.9 Å². The van der Waals surface area contributed by atoms with Crippen molar-refractivity contribution >= 4 is 46.4 Å². The second-order valence-electron chi connectivity index (χ2n) is 9.51. The minimum Gasteiger partial charge on any atom is -0.508 e. The molecule has 0 aliphatic rings. The lowest BCUT2D eigenvalue weighted by molar-refractivity contribution is -0.141. The van der Waals surface area contributed by atoms with Gasteiger partial charge in [0.1, 0.15) is 23.9 Å². The SMILES string of the molecule is CSCCC(N)C(=O)NC(Cc1ccc(O)cc1)C(=O)NC(Cc1c[nH]c2ccccc12)C(=O)NC(C)C(=O)O. The molecule has 0 saturated heterocycles. The fraction of sp³-hybridized carbons (Fsp3) is 0.357. The highest BCUT2D eigenvalue weighted by Gasteiger charge is 2.30. The van der Waals surface area contributed by atoms with Gasteiger partial charge >= 0.3 is 5.97 Å². The summed E-state index contributed by atoms with van der Waals surface area (Å²) < 4.78 is 0.